The Morgan fingerprint density at radius 1 is 1.20 bits per heavy atom. The van der Waals surface area contributed by atoms with Crippen LogP contribution >= 0.6 is 0 Å². The number of aromatic nitrogens is 3. The van der Waals surface area contributed by atoms with Crippen LogP contribution < -0.4 is 0 Å². The molecule has 56 valence electrons. The second kappa shape index (κ2) is 2.40. The van der Waals surface area contributed by atoms with Gasteiger partial charge in [-0.1, -0.05) is 20.8 Å². The molecule has 0 atom stereocenters. The van der Waals surface area contributed by atoms with Gasteiger partial charge in [0.25, 0.3) is 0 Å². The summed E-state index contributed by atoms with van der Waals surface area (Å²) in [5.41, 5.74) is 0.308. The zero-order chi connectivity index (χ0) is 7.61. The van der Waals surface area contributed by atoms with Crippen molar-refractivity contribution in [2.75, 3.05) is 0 Å². The third-order valence-electron chi connectivity index (χ3n) is 1.12. The summed E-state index contributed by atoms with van der Waals surface area (Å²) in [5, 5.41) is 7.44. The van der Waals surface area contributed by atoms with Crippen LogP contribution in [-0.2, 0) is 6.54 Å². The zero-order valence-corrected chi connectivity index (χ0v) is 6.70. The van der Waals surface area contributed by atoms with Crippen molar-refractivity contribution in [2.24, 2.45) is 5.41 Å². The van der Waals surface area contributed by atoms with E-state index in [0.717, 1.165) is 6.54 Å². The minimum Gasteiger partial charge on any atom is -0.320 e. The van der Waals surface area contributed by atoms with E-state index in [0.29, 0.717) is 5.41 Å². The van der Waals surface area contributed by atoms with E-state index in [4.69, 9.17) is 0 Å². The lowest BCUT2D eigenvalue weighted by Crippen LogP contribution is -2.13. The maximum atomic E-state index is 3.72. The van der Waals surface area contributed by atoms with E-state index in [2.05, 4.69) is 31.0 Å². The van der Waals surface area contributed by atoms with Gasteiger partial charge in [0.2, 0.25) is 0 Å². The Bertz CT molecular complexity index is 183. The summed E-state index contributed by atoms with van der Waals surface area (Å²) in [5.74, 6) is 0. The molecule has 0 spiro atoms. The first-order chi connectivity index (χ1) is 4.58. The van der Waals surface area contributed by atoms with Gasteiger partial charge in [0.15, 0.2) is 0 Å². The first-order valence-corrected chi connectivity index (χ1v) is 3.40. The highest BCUT2D eigenvalue weighted by Gasteiger charge is 2.09. The Morgan fingerprint density at radius 2 is 1.70 bits per heavy atom. The molecule has 0 amide bonds. The molecule has 1 rings (SSSR count). The molecule has 0 saturated carbocycles. The van der Waals surface area contributed by atoms with Crippen LogP contribution in [0.25, 0.3) is 0 Å². The molecule has 1 aromatic rings. The molecule has 1 aromatic heterocycles. The summed E-state index contributed by atoms with van der Waals surface area (Å²) in [6, 6.07) is 0. The number of hydrogen-bond donors (Lipinski definition) is 0. The lowest BCUT2D eigenvalue weighted by molar-refractivity contribution is 0.343. The molecular weight excluding hydrogens is 126 g/mol. The van der Waals surface area contributed by atoms with E-state index >= 15 is 0 Å². The van der Waals surface area contributed by atoms with Gasteiger partial charge in [-0.25, -0.2) is 0 Å². The quantitative estimate of drug-likeness (QED) is 0.587. The molecule has 0 N–H and O–H groups in total. The number of nitrogens with zero attached hydrogens (tertiary/aromatic N) is 3. The van der Waals surface area contributed by atoms with Gasteiger partial charge in [0.05, 0.1) is 0 Å². The third kappa shape index (κ3) is 2.17. The van der Waals surface area contributed by atoms with Gasteiger partial charge in [0, 0.05) is 6.54 Å². The van der Waals surface area contributed by atoms with E-state index in [1.54, 1.807) is 12.7 Å². The highest BCUT2D eigenvalue weighted by atomic mass is 15.2. The van der Waals surface area contributed by atoms with E-state index in [-0.39, 0.29) is 0 Å². The van der Waals surface area contributed by atoms with Crippen LogP contribution in [0.2, 0.25) is 0 Å². The van der Waals surface area contributed by atoms with Crippen LogP contribution in [0.1, 0.15) is 20.8 Å². The van der Waals surface area contributed by atoms with E-state index in [9.17, 15) is 0 Å². The number of rotatable bonds is 1. The van der Waals surface area contributed by atoms with Gasteiger partial charge >= 0.3 is 0 Å². The SMILES string of the molecule is CC(C)(C)Cn1cnnc1. The van der Waals surface area contributed by atoms with Crippen LogP contribution in [0.15, 0.2) is 12.7 Å². The predicted molar refractivity (Wildman–Crippen MR) is 39.5 cm³/mol. The van der Waals surface area contributed by atoms with Crippen molar-refractivity contribution in [1.82, 2.24) is 14.8 Å². The Labute approximate surface area is 61.1 Å². The van der Waals surface area contributed by atoms with Gasteiger partial charge in [0.1, 0.15) is 12.7 Å². The average molecular weight is 139 g/mol. The average Bonchev–Trinajstić information content (AvgIpc) is 2.12. The molecule has 10 heavy (non-hydrogen) atoms. The molecule has 0 saturated heterocycles. The smallest absolute Gasteiger partial charge is 0.119 e. The van der Waals surface area contributed by atoms with Crippen molar-refractivity contribution in [3.63, 3.8) is 0 Å². The molecule has 0 radical (unpaired) electrons. The minimum absolute atomic E-state index is 0.308. The van der Waals surface area contributed by atoms with Gasteiger partial charge < -0.3 is 4.57 Å². The molecule has 0 aliphatic heterocycles. The van der Waals surface area contributed by atoms with Crippen molar-refractivity contribution >= 4 is 0 Å². The van der Waals surface area contributed by atoms with Crippen molar-refractivity contribution in [3.8, 4) is 0 Å². The molecular formula is C7H13N3. The van der Waals surface area contributed by atoms with Crippen LogP contribution in [-0.4, -0.2) is 14.8 Å². The summed E-state index contributed by atoms with van der Waals surface area (Å²) < 4.78 is 1.99. The molecule has 0 unspecified atom stereocenters. The van der Waals surface area contributed by atoms with E-state index < -0.39 is 0 Å². The Hall–Kier alpha value is -0.860. The lowest BCUT2D eigenvalue weighted by atomic mass is 9.97. The molecule has 0 fully saturated rings. The molecule has 0 aromatic carbocycles. The molecule has 3 nitrogen and oxygen atoms in total. The molecule has 1 heterocycles. The van der Waals surface area contributed by atoms with Gasteiger partial charge in [-0.05, 0) is 5.41 Å². The summed E-state index contributed by atoms with van der Waals surface area (Å²) in [6.45, 7) is 7.53. The fourth-order valence-electron chi connectivity index (χ4n) is 0.851. The Balaban J connectivity index is 2.57. The van der Waals surface area contributed by atoms with Crippen molar-refractivity contribution in [1.29, 1.82) is 0 Å². The maximum absolute atomic E-state index is 3.72. The van der Waals surface area contributed by atoms with E-state index in [1.807, 2.05) is 4.57 Å². The summed E-state index contributed by atoms with van der Waals surface area (Å²) >= 11 is 0. The molecule has 0 aliphatic carbocycles. The van der Waals surface area contributed by atoms with Gasteiger partial charge in [-0.2, -0.15) is 0 Å². The fraction of sp³-hybridized carbons (Fsp3) is 0.714. The van der Waals surface area contributed by atoms with Gasteiger partial charge in [-0.15, -0.1) is 10.2 Å². The second-order valence-electron chi connectivity index (χ2n) is 3.69. The zero-order valence-electron chi connectivity index (χ0n) is 6.70. The minimum atomic E-state index is 0.308. The van der Waals surface area contributed by atoms with Crippen LogP contribution in [0.5, 0.6) is 0 Å². The van der Waals surface area contributed by atoms with Crippen LogP contribution in [0.3, 0.4) is 0 Å². The summed E-state index contributed by atoms with van der Waals surface area (Å²) in [7, 11) is 0. The van der Waals surface area contributed by atoms with Crippen molar-refractivity contribution < 1.29 is 0 Å². The first-order valence-electron chi connectivity index (χ1n) is 3.40. The lowest BCUT2D eigenvalue weighted by Gasteiger charge is -2.17. The van der Waals surface area contributed by atoms with Crippen LogP contribution in [0.4, 0.5) is 0 Å². The van der Waals surface area contributed by atoms with Crippen molar-refractivity contribution in [3.05, 3.63) is 12.7 Å². The highest BCUT2D eigenvalue weighted by molar-refractivity contribution is 4.67. The topological polar surface area (TPSA) is 30.7 Å². The first kappa shape index (κ1) is 7.25. The highest BCUT2D eigenvalue weighted by Crippen LogP contribution is 2.14. The molecule has 0 aliphatic rings. The number of hydrogen-bond acceptors (Lipinski definition) is 2. The summed E-state index contributed by atoms with van der Waals surface area (Å²) in [4.78, 5) is 0. The maximum Gasteiger partial charge on any atom is 0.119 e. The monoisotopic (exact) mass is 139 g/mol. The second-order valence-corrected chi connectivity index (χ2v) is 3.69. The Morgan fingerprint density at radius 3 is 2.10 bits per heavy atom. The van der Waals surface area contributed by atoms with Crippen LogP contribution in [0, 0.1) is 5.41 Å². The predicted octanol–water partition coefficient (Wildman–Crippen LogP) is 1.32. The van der Waals surface area contributed by atoms with Crippen molar-refractivity contribution in [2.45, 2.75) is 27.3 Å². The van der Waals surface area contributed by atoms with E-state index in [1.165, 1.54) is 0 Å². The fourth-order valence-corrected chi connectivity index (χ4v) is 0.851. The summed E-state index contributed by atoms with van der Waals surface area (Å²) in [6.07, 6.45) is 3.48. The normalized spacial score (nSPS) is 11.9. The molecule has 3 heteroatoms. The standard InChI is InChI=1S/C7H13N3/c1-7(2,3)4-10-5-8-9-6-10/h5-6H,4H2,1-3H3. The van der Waals surface area contributed by atoms with Gasteiger partial charge in [-0.3, -0.25) is 0 Å². The Kier molecular flexibility index (Phi) is 1.74. The third-order valence-corrected chi connectivity index (χ3v) is 1.12. The largest absolute Gasteiger partial charge is 0.320 e. The molecule has 0 bridgehead atoms.